The van der Waals surface area contributed by atoms with Crippen LogP contribution in [0.2, 0.25) is 0 Å². The molecule has 0 aliphatic carbocycles. The molecule has 112 valence electrons. The van der Waals surface area contributed by atoms with E-state index >= 15 is 0 Å². The van der Waals surface area contributed by atoms with Gasteiger partial charge in [-0.3, -0.25) is 9.59 Å². The third-order valence-corrected chi connectivity index (χ3v) is 3.66. The number of rotatable bonds is 4. The predicted molar refractivity (Wildman–Crippen MR) is 79.7 cm³/mol. The molecular formula is C17H14FNO3. The van der Waals surface area contributed by atoms with Crippen molar-refractivity contribution < 1.29 is 18.7 Å². The molecule has 0 fully saturated rings. The van der Waals surface area contributed by atoms with Crippen LogP contribution < -0.4 is 10.1 Å². The lowest BCUT2D eigenvalue weighted by Crippen LogP contribution is -2.12. The summed E-state index contributed by atoms with van der Waals surface area (Å²) in [6.07, 6.45) is 0. The van der Waals surface area contributed by atoms with Crippen LogP contribution in [0.25, 0.3) is 0 Å². The maximum Gasteiger partial charge on any atom is 0.231 e. The van der Waals surface area contributed by atoms with Gasteiger partial charge >= 0.3 is 0 Å². The quantitative estimate of drug-likeness (QED) is 0.882. The Labute approximate surface area is 126 Å². The third-order valence-electron chi connectivity index (χ3n) is 3.66. The molecule has 0 aromatic heterocycles. The van der Waals surface area contributed by atoms with Crippen molar-refractivity contribution in [1.82, 2.24) is 0 Å². The Morgan fingerprint density at radius 2 is 2.09 bits per heavy atom. The standard InChI is InChI=1S/C17H14FNO3/c1-10-14-7-11(5-6-15(14)19-17(10)21)16(20)9-22-13-4-2-3-12(18)8-13/h2-8,10H,9H2,1H3,(H,19,21)/t10-/m0/s1. The second-order valence-corrected chi connectivity index (χ2v) is 5.18. The number of carbonyl (C=O) groups excluding carboxylic acids is 2. The van der Waals surface area contributed by atoms with Crippen LogP contribution in [-0.2, 0) is 4.79 Å². The summed E-state index contributed by atoms with van der Waals surface area (Å²) in [5.74, 6) is -0.679. The predicted octanol–water partition coefficient (Wildman–Crippen LogP) is 3.14. The van der Waals surface area contributed by atoms with Crippen molar-refractivity contribution in [2.75, 3.05) is 11.9 Å². The lowest BCUT2D eigenvalue weighted by atomic mass is 9.99. The number of ether oxygens (including phenoxy) is 1. The monoisotopic (exact) mass is 299 g/mol. The van der Waals surface area contributed by atoms with E-state index in [1.54, 1.807) is 31.2 Å². The number of nitrogens with one attached hydrogen (secondary N) is 1. The molecule has 0 saturated heterocycles. The average Bonchev–Trinajstić information content (AvgIpc) is 2.79. The van der Waals surface area contributed by atoms with Crippen LogP contribution in [0.5, 0.6) is 5.75 Å². The first kappa shape index (κ1) is 14.3. The smallest absolute Gasteiger partial charge is 0.231 e. The molecule has 1 amide bonds. The summed E-state index contributed by atoms with van der Waals surface area (Å²) < 4.78 is 18.3. The van der Waals surface area contributed by atoms with E-state index in [4.69, 9.17) is 4.74 Å². The fraction of sp³-hybridized carbons (Fsp3) is 0.176. The number of halogens is 1. The second kappa shape index (κ2) is 5.60. The van der Waals surface area contributed by atoms with E-state index in [0.717, 1.165) is 11.3 Å². The summed E-state index contributed by atoms with van der Waals surface area (Å²) in [5.41, 5.74) is 2.01. The van der Waals surface area contributed by atoms with Crippen LogP contribution in [0.15, 0.2) is 42.5 Å². The lowest BCUT2D eigenvalue weighted by molar-refractivity contribution is -0.116. The molecule has 0 bridgehead atoms. The zero-order valence-electron chi connectivity index (χ0n) is 11.9. The molecule has 1 atom stereocenters. The first-order valence-corrected chi connectivity index (χ1v) is 6.91. The highest BCUT2D eigenvalue weighted by Crippen LogP contribution is 2.32. The summed E-state index contributed by atoms with van der Waals surface area (Å²) >= 11 is 0. The van der Waals surface area contributed by atoms with Gasteiger partial charge in [0.05, 0.1) is 5.92 Å². The van der Waals surface area contributed by atoms with Gasteiger partial charge in [-0.05, 0) is 42.8 Å². The highest BCUT2D eigenvalue weighted by atomic mass is 19.1. The average molecular weight is 299 g/mol. The molecule has 0 unspecified atom stereocenters. The minimum absolute atomic E-state index is 0.0735. The van der Waals surface area contributed by atoms with E-state index in [0.29, 0.717) is 11.3 Å². The van der Waals surface area contributed by atoms with Crippen molar-refractivity contribution in [1.29, 1.82) is 0 Å². The summed E-state index contributed by atoms with van der Waals surface area (Å²) in [4.78, 5) is 23.8. The van der Waals surface area contributed by atoms with Gasteiger partial charge in [0.25, 0.3) is 0 Å². The molecule has 1 heterocycles. The number of hydrogen-bond donors (Lipinski definition) is 1. The summed E-state index contributed by atoms with van der Waals surface area (Å²) in [6.45, 7) is 1.61. The minimum atomic E-state index is -0.416. The number of fused-ring (bicyclic) bond motifs is 1. The molecule has 0 saturated carbocycles. The van der Waals surface area contributed by atoms with E-state index in [2.05, 4.69) is 5.32 Å². The van der Waals surface area contributed by atoms with Gasteiger partial charge in [0, 0.05) is 17.3 Å². The molecule has 1 N–H and O–H groups in total. The Hall–Kier alpha value is -2.69. The molecule has 1 aliphatic heterocycles. The Balaban J connectivity index is 1.72. The molecule has 22 heavy (non-hydrogen) atoms. The molecule has 4 nitrogen and oxygen atoms in total. The summed E-state index contributed by atoms with van der Waals surface area (Å²) in [6, 6.07) is 10.7. The number of Topliss-reactive ketones (excluding diaryl/α,β-unsaturated/α-hetero) is 1. The maximum atomic E-state index is 13.0. The van der Waals surface area contributed by atoms with Crippen molar-refractivity contribution in [3.8, 4) is 5.75 Å². The van der Waals surface area contributed by atoms with Crippen molar-refractivity contribution in [3.63, 3.8) is 0 Å². The molecule has 2 aromatic rings. The Morgan fingerprint density at radius 1 is 1.27 bits per heavy atom. The number of hydrogen-bond acceptors (Lipinski definition) is 3. The Kier molecular flexibility index (Phi) is 3.63. The van der Waals surface area contributed by atoms with E-state index < -0.39 is 5.82 Å². The van der Waals surface area contributed by atoms with Gasteiger partial charge < -0.3 is 10.1 Å². The number of benzene rings is 2. The second-order valence-electron chi connectivity index (χ2n) is 5.18. The molecule has 0 radical (unpaired) electrons. The minimum Gasteiger partial charge on any atom is -0.485 e. The van der Waals surface area contributed by atoms with Gasteiger partial charge in [-0.25, -0.2) is 4.39 Å². The highest BCUT2D eigenvalue weighted by molar-refractivity contribution is 6.04. The van der Waals surface area contributed by atoms with Gasteiger partial charge in [-0.1, -0.05) is 6.07 Å². The molecule has 2 aromatic carbocycles. The fourth-order valence-electron chi connectivity index (χ4n) is 2.38. The molecular weight excluding hydrogens is 285 g/mol. The van der Waals surface area contributed by atoms with Crippen molar-refractivity contribution in [2.24, 2.45) is 0 Å². The van der Waals surface area contributed by atoms with Crippen LogP contribution in [0.4, 0.5) is 10.1 Å². The van der Waals surface area contributed by atoms with Crippen molar-refractivity contribution >= 4 is 17.4 Å². The van der Waals surface area contributed by atoms with Crippen LogP contribution in [0, 0.1) is 5.82 Å². The van der Waals surface area contributed by atoms with Crippen LogP contribution >= 0.6 is 0 Å². The van der Waals surface area contributed by atoms with Crippen molar-refractivity contribution in [3.05, 3.63) is 59.4 Å². The fourth-order valence-corrected chi connectivity index (χ4v) is 2.38. The SMILES string of the molecule is C[C@@H]1C(=O)Nc2ccc(C(=O)COc3cccc(F)c3)cc21. The van der Waals surface area contributed by atoms with Gasteiger partial charge in [-0.2, -0.15) is 0 Å². The Bertz CT molecular complexity index is 757. The van der Waals surface area contributed by atoms with Gasteiger partial charge in [0.1, 0.15) is 11.6 Å². The first-order valence-electron chi connectivity index (χ1n) is 6.91. The zero-order chi connectivity index (χ0) is 15.7. The van der Waals surface area contributed by atoms with Gasteiger partial charge in [0.2, 0.25) is 5.91 Å². The topological polar surface area (TPSA) is 55.4 Å². The third kappa shape index (κ3) is 2.70. The largest absolute Gasteiger partial charge is 0.485 e. The maximum absolute atomic E-state index is 13.0. The highest BCUT2D eigenvalue weighted by Gasteiger charge is 2.27. The van der Waals surface area contributed by atoms with E-state index in [1.165, 1.54) is 18.2 Å². The molecule has 0 spiro atoms. The lowest BCUT2D eigenvalue weighted by Gasteiger charge is -2.07. The van der Waals surface area contributed by atoms with Crippen LogP contribution in [0.1, 0.15) is 28.8 Å². The first-order chi connectivity index (χ1) is 10.5. The molecule has 3 rings (SSSR count). The Morgan fingerprint density at radius 3 is 2.86 bits per heavy atom. The van der Waals surface area contributed by atoms with Crippen LogP contribution in [0.3, 0.4) is 0 Å². The van der Waals surface area contributed by atoms with Crippen molar-refractivity contribution in [2.45, 2.75) is 12.8 Å². The van der Waals surface area contributed by atoms with E-state index in [1.807, 2.05) is 0 Å². The summed E-state index contributed by atoms with van der Waals surface area (Å²) in [7, 11) is 0. The summed E-state index contributed by atoms with van der Waals surface area (Å²) in [5, 5.41) is 2.75. The van der Waals surface area contributed by atoms with E-state index in [-0.39, 0.29) is 24.2 Å². The van der Waals surface area contributed by atoms with Crippen LogP contribution in [-0.4, -0.2) is 18.3 Å². The molecule has 1 aliphatic rings. The normalized spacial score (nSPS) is 16.1. The van der Waals surface area contributed by atoms with E-state index in [9.17, 15) is 14.0 Å². The number of ketones is 1. The number of carbonyl (C=O) groups is 2. The zero-order valence-corrected chi connectivity index (χ0v) is 11.9. The number of anilines is 1. The van der Waals surface area contributed by atoms with Gasteiger partial charge in [-0.15, -0.1) is 0 Å². The molecule has 5 heteroatoms. The van der Waals surface area contributed by atoms with Gasteiger partial charge in [0.15, 0.2) is 12.4 Å². The number of amides is 1.